The molecule has 2 amide bonds. The maximum absolute atomic E-state index is 12.4. The van der Waals surface area contributed by atoms with Gasteiger partial charge in [0.25, 0.3) is 0 Å². The van der Waals surface area contributed by atoms with Crippen LogP contribution in [0.5, 0.6) is 0 Å². The van der Waals surface area contributed by atoms with Crippen LogP contribution in [0.3, 0.4) is 0 Å². The Hall–Kier alpha value is -1.73. The maximum atomic E-state index is 12.4. The Morgan fingerprint density at radius 3 is 2.96 bits per heavy atom. The summed E-state index contributed by atoms with van der Waals surface area (Å²) in [5.41, 5.74) is 1.00. The number of amides is 2. The number of thiazole rings is 1. The molecule has 0 bridgehead atoms. The molecule has 1 aliphatic heterocycles. The number of thiophene rings is 1. The minimum absolute atomic E-state index is 0.0420. The highest BCUT2D eigenvalue weighted by Crippen LogP contribution is 2.29. The molecule has 0 aromatic carbocycles. The van der Waals surface area contributed by atoms with Gasteiger partial charge in [-0.05, 0) is 31.9 Å². The lowest BCUT2D eigenvalue weighted by Gasteiger charge is -2.31. The lowest BCUT2D eigenvalue weighted by molar-refractivity contribution is -0.134. The van der Waals surface area contributed by atoms with E-state index in [1.165, 1.54) is 0 Å². The number of aryl methyl sites for hydroxylation is 1. The molecule has 2 aromatic rings. The average molecular weight is 364 g/mol. The van der Waals surface area contributed by atoms with E-state index < -0.39 is 0 Å². The van der Waals surface area contributed by atoms with Gasteiger partial charge in [0, 0.05) is 30.3 Å². The number of likely N-dealkylation sites (tertiary alicyclic amines) is 1. The summed E-state index contributed by atoms with van der Waals surface area (Å²) in [6.07, 6.45) is 1.74. The van der Waals surface area contributed by atoms with Crippen LogP contribution in [-0.4, -0.2) is 34.8 Å². The predicted molar refractivity (Wildman–Crippen MR) is 97.0 cm³/mol. The van der Waals surface area contributed by atoms with Crippen LogP contribution in [0.25, 0.3) is 10.6 Å². The van der Waals surface area contributed by atoms with Gasteiger partial charge in [-0.3, -0.25) is 9.59 Å². The molecule has 3 rings (SSSR count). The Kier molecular flexibility index (Phi) is 5.30. The standard InChI is InChI=1S/C17H21N3O2S2/c1-11-19-15(10-23-11)16-6-5-14(24-16)8-18-17(22)13-4-3-7-20(9-13)12(2)21/h5-6,10,13H,3-4,7-9H2,1-2H3,(H,18,22)/t13-/m0/s1. The first-order chi connectivity index (χ1) is 11.5. The molecule has 24 heavy (non-hydrogen) atoms. The largest absolute Gasteiger partial charge is 0.351 e. The van der Waals surface area contributed by atoms with E-state index in [1.54, 1.807) is 34.5 Å². The molecule has 3 heterocycles. The van der Waals surface area contributed by atoms with Crippen LogP contribution in [0.15, 0.2) is 17.5 Å². The minimum atomic E-state index is -0.0942. The zero-order valence-corrected chi connectivity index (χ0v) is 15.5. The SMILES string of the molecule is CC(=O)N1CCC[C@H](C(=O)NCc2ccc(-c3csc(C)n3)s2)C1. The van der Waals surface area contributed by atoms with Crippen LogP contribution in [0.2, 0.25) is 0 Å². The van der Waals surface area contributed by atoms with Crippen molar-refractivity contribution in [2.45, 2.75) is 33.2 Å². The van der Waals surface area contributed by atoms with Crippen molar-refractivity contribution in [1.82, 2.24) is 15.2 Å². The number of carbonyl (C=O) groups is 2. The molecule has 1 fully saturated rings. The summed E-state index contributed by atoms with van der Waals surface area (Å²) in [7, 11) is 0. The molecule has 128 valence electrons. The minimum Gasteiger partial charge on any atom is -0.351 e. The second kappa shape index (κ2) is 7.44. The van der Waals surface area contributed by atoms with Crippen molar-refractivity contribution in [3.05, 3.63) is 27.4 Å². The van der Waals surface area contributed by atoms with Crippen LogP contribution < -0.4 is 5.32 Å². The molecule has 0 spiro atoms. The monoisotopic (exact) mass is 363 g/mol. The molecular formula is C17H21N3O2S2. The van der Waals surface area contributed by atoms with Gasteiger partial charge in [-0.25, -0.2) is 4.98 Å². The van der Waals surface area contributed by atoms with Gasteiger partial charge in [-0.1, -0.05) is 0 Å². The molecule has 0 unspecified atom stereocenters. The number of nitrogens with zero attached hydrogens (tertiary/aromatic N) is 2. The molecular weight excluding hydrogens is 342 g/mol. The first kappa shape index (κ1) is 17.1. The molecule has 0 saturated carbocycles. The summed E-state index contributed by atoms with van der Waals surface area (Å²) in [5, 5.41) is 6.13. The van der Waals surface area contributed by atoms with Crippen molar-refractivity contribution in [1.29, 1.82) is 0 Å². The van der Waals surface area contributed by atoms with Gasteiger partial charge < -0.3 is 10.2 Å². The van der Waals surface area contributed by atoms with Gasteiger partial charge in [-0.2, -0.15) is 0 Å². The van der Waals surface area contributed by atoms with Gasteiger partial charge in [0.15, 0.2) is 0 Å². The van der Waals surface area contributed by atoms with E-state index in [0.717, 1.165) is 39.8 Å². The number of carbonyl (C=O) groups excluding carboxylic acids is 2. The Morgan fingerprint density at radius 2 is 2.25 bits per heavy atom. The first-order valence-electron chi connectivity index (χ1n) is 8.07. The number of rotatable bonds is 4. The fourth-order valence-electron chi connectivity index (χ4n) is 2.88. The van der Waals surface area contributed by atoms with Crippen LogP contribution in [0, 0.1) is 12.8 Å². The Bertz CT molecular complexity index is 738. The number of hydrogen-bond donors (Lipinski definition) is 1. The van der Waals surface area contributed by atoms with Gasteiger partial charge in [0.2, 0.25) is 11.8 Å². The van der Waals surface area contributed by atoms with E-state index >= 15 is 0 Å². The third-order valence-electron chi connectivity index (χ3n) is 4.21. The molecule has 0 radical (unpaired) electrons. The van der Waals surface area contributed by atoms with E-state index in [2.05, 4.69) is 21.7 Å². The van der Waals surface area contributed by atoms with E-state index in [1.807, 2.05) is 13.0 Å². The molecule has 1 aliphatic rings. The van der Waals surface area contributed by atoms with E-state index in [0.29, 0.717) is 13.1 Å². The lowest BCUT2D eigenvalue weighted by Crippen LogP contribution is -2.44. The van der Waals surface area contributed by atoms with Crippen LogP contribution in [0.4, 0.5) is 0 Å². The highest BCUT2D eigenvalue weighted by Gasteiger charge is 2.26. The molecule has 5 nitrogen and oxygen atoms in total. The summed E-state index contributed by atoms with van der Waals surface area (Å²) in [6, 6.07) is 4.09. The fourth-order valence-corrected chi connectivity index (χ4v) is 4.48. The third-order valence-corrected chi connectivity index (χ3v) is 6.09. The van der Waals surface area contributed by atoms with Gasteiger partial charge in [0.05, 0.1) is 28.0 Å². The number of nitrogens with one attached hydrogen (secondary N) is 1. The van der Waals surface area contributed by atoms with Crippen molar-refractivity contribution in [2.24, 2.45) is 5.92 Å². The molecule has 2 aromatic heterocycles. The highest BCUT2D eigenvalue weighted by atomic mass is 32.1. The first-order valence-corrected chi connectivity index (χ1v) is 9.77. The van der Waals surface area contributed by atoms with E-state index in [-0.39, 0.29) is 17.7 Å². The quantitative estimate of drug-likeness (QED) is 0.908. The Labute approximate surface area is 149 Å². The second-order valence-corrected chi connectivity index (χ2v) is 8.27. The van der Waals surface area contributed by atoms with Crippen LogP contribution in [-0.2, 0) is 16.1 Å². The average Bonchev–Trinajstić information content (AvgIpc) is 3.21. The number of piperidine rings is 1. The molecule has 0 aliphatic carbocycles. The highest BCUT2D eigenvalue weighted by molar-refractivity contribution is 7.16. The molecule has 7 heteroatoms. The van der Waals surface area contributed by atoms with Crippen molar-refractivity contribution < 1.29 is 9.59 Å². The lowest BCUT2D eigenvalue weighted by atomic mass is 9.97. The fraction of sp³-hybridized carbons (Fsp3) is 0.471. The topological polar surface area (TPSA) is 62.3 Å². The summed E-state index contributed by atoms with van der Waals surface area (Å²) in [4.78, 5) is 32.3. The summed E-state index contributed by atoms with van der Waals surface area (Å²) in [5.74, 6) is -0.00219. The zero-order valence-electron chi connectivity index (χ0n) is 13.9. The predicted octanol–water partition coefficient (Wildman–Crippen LogP) is 3.05. The number of hydrogen-bond acceptors (Lipinski definition) is 5. The summed E-state index contributed by atoms with van der Waals surface area (Å²) >= 11 is 3.30. The summed E-state index contributed by atoms with van der Waals surface area (Å²) in [6.45, 7) is 5.39. The van der Waals surface area contributed by atoms with Crippen LogP contribution in [0.1, 0.15) is 29.7 Å². The zero-order chi connectivity index (χ0) is 17.1. The van der Waals surface area contributed by atoms with Gasteiger partial charge >= 0.3 is 0 Å². The molecule has 1 saturated heterocycles. The Balaban J connectivity index is 1.55. The molecule has 1 N–H and O–H groups in total. The van der Waals surface area contributed by atoms with E-state index in [9.17, 15) is 9.59 Å². The van der Waals surface area contributed by atoms with Gasteiger partial charge in [-0.15, -0.1) is 22.7 Å². The van der Waals surface area contributed by atoms with Crippen molar-refractivity contribution in [3.8, 4) is 10.6 Å². The Morgan fingerprint density at radius 1 is 1.42 bits per heavy atom. The normalized spacial score (nSPS) is 17.8. The van der Waals surface area contributed by atoms with Crippen molar-refractivity contribution in [3.63, 3.8) is 0 Å². The van der Waals surface area contributed by atoms with E-state index in [4.69, 9.17) is 0 Å². The molecule has 1 atom stereocenters. The smallest absolute Gasteiger partial charge is 0.225 e. The van der Waals surface area contributed by atoms with Crippen molar-refractivity contribution in [2.75, 3.05) is 13.1 Å². The maximum Gasteiger partial charge on any atom is 0.225 e. The van der Waals surface area contributed by atoms with Crippen molar-refractivity contribution >= 4 is 34.5 Å². The number of aromatic nitrogens is 1. The van der Waals surface area contributed by atoms with Crippen LogP contribution >= 0.6 is 22.7 Å². The van der Waals surface area contributed by atoms with Gasteiger partial charge in [0.1, 0.15) is 0 Å². The summed E-state index contributed by atoms with van der Waals surface area (Å²) < 4.78 is 0. The third kappa shape index (κ3) is 4.02. The second-order valence-electron chi connectivity index (χ2n) is 6.04.